The molecule has 6 rings (SSSR count). The van der Waals surface area contributed by atoms with Crippen molar-refractivity contribution in [1.82, 2.24) is 14.6 Å². The van der Waals surface area contributed by atoms with Gasteiger partial charge in [0, 0.05) is 0 Å². The van der Waals surface area contributed by atoms with E-state index in [4.69, 9.17) is 24.7 Å². The SMILES string of the molecule is CC1(C)O[C@@H]2[C@@]3(O1)C(OC(=O)C1CCCC1)[C@H]3O[C@@]2(C)c1ccc2c(N)ncnn12. The number of hydrogen-bond donors (Lipinski definition) is 1. The summed E-state index contributed by atoms with van der Waals surface area (Å²) in [7, 11) is 0. The van der Waals surface area contributed by atoms with Gasteiger partial charge < -0.3 is 24.7 Å². The number of fused-ring (bicyclic) bond motifs is 1. The average Bonchev–Trinajstić information content (AvgIpc) is 3.26. The van der Waals surface area contributed by atoms with E-state index in [2.05, 4.69) is 10.1 Å². The number of carbonyl (C=O) groups is 1. The number of carbonyl (C=O) groups excluding carboxylic acids is 1. The van der Waals surface area contributed by atoms with Crippen LogP contribution in [-0.2, 0) is 29.3 Å². The summed E-state index contributed by atoms with van der Waals surface area (Å²) < 4.78 is 26.8. The number of nitrogens with zero attached hydrogens (tertiary/aromatic N) is 3. The van der Waals surface area contributed by atoms with Crippen LogP contribution in [0.5, 0.6) is 0 Å². The number of ether oxygens (including phenoxy) is 4. The quantitative estimate of drug-likeness (QED) is 0.759. The number of hydrogen-bond acceptors (Lipinski definition) is 8. The molecular weight excluding hydrogens is 388 g/mol. The van der Waals surface area contributed by atoms with E-state index in [0.29, 0.717) is 11.3 Å². The second-order valence-corrected chi connectivity index (χ2v) is 9.50. The molecule has 2 aromatic heterocycles. The second-order valence-electron chi connectivity index (χ2n) is 9.50. The third-order valence-electron chi connectivity index (χ3n) is 7.08. The Morgan fingerprint density at radius 1 is 1.23 bits per heavy atom. The van der Waals surface area contributed by atoms with Crippen LogP contribution in [0.1, 0.15) is 52.1 Å². The normalized spacial score (nSPS) is 39.2. The van der Waals surface area contributed by atoms with Crippen molar-refractivity contribution in [3.05, 3.63) is 24.2 Å². The number of anilines is 1. The molecule has 4 heterocycles. The predicted octanol–water partition coefficient (Wildman–Crippen LogP) is 1.93. The number of nitrogens with two attached hydrogens (primary N) is 1. The molecule has 2 saturated carbocycles. The molecule has 4 fully saturated rings. The van der Waals surface area contributed by atoms with Gasteiger partial charge in [-0.2, -0.15) is 5.10 Å². The molecule has 0 amide bonds. The smallest absolute Gasteiger partial charge is 0.309 e. The molecule has 2 aliphatic heterocycles. The molecule has 0 bridgehead atoms. The molecule has 2 N–H and O–H groups in total. The zero-order chi connectivity index (χ0) is 20.9. The summed E-state index contributed by atoms with van der Waals surface area (Å²) in [4.78, 5) is 16.7. The highest BCUT2D eigenvalue weighted by atomic mass is 16.8. The molecule has 2 aromatic rings. The molecule has 5 atom stereocenters. The van der Waals surface area contributed by atoms with Crippen molar-refractivity contribution >= 4 is 17.3 Å². The van der Waals surface area contributed by atoms with E-state index in [0.717, 1.165) is 31.4 Å². The number of esters is 1. The summed E-state index contributed by atoms with van der Waals surface area (Å²) in [6.45, 7) is 5.72. The van der Waals surface area contributed by atoms with Crippen LogP contribution >= 0.6 is 0 Å². The third kappa shape index (κ3) is 2.25. The van der Waals surface area contributed by atoms with Crippen LogP contribution in [0.2, 0.25) is 0 Å². The lowest BCUT2D eigenvalue weighted by molar-refractivity contribution is -0.196. The van der Waals surface area contributed by atoms with Gasteiger partial charge >= 0.3 is 5.97 Å². The molecule has 2 aliphatic carbocycles. The Kier molecular flexibility index (Phi) is 3.53. The first-order chi connectivity index (χ1) is 14.3. The van der Waals surface area contributed by atoms with Gasteiger partial charge in [0.05, 0.1) is 11.6 Å². The van der Waals surface area contributed by atoms with Crippen LogP contribution in [0, 0.1) is 5.92 Å². The molecule has 9 nitrogen and oxygen atoms in total. The maximum absolute atomic E-state index is 12.7. The summed E-state index contributed by atoms with van der Waals surface area (Å²) in [5.41, 5.74) is 5.85. The fourth-order valence-corrected chi connectivity index (χ4v) is 5.70. The lowest BCUT2D eigenvalue weighted by atomic mass is 9.91. The van der Waals surface area contributed by atoms with Gasteiger partial charge in [-0.15, -0.1) is 0 Å². The van der Waals surface area contributed by atoms with Crippen molar-refractivity contribution in [3.63, 3.8) is 0 Å². The first kappa shape index (κ1) is 18.5. The van der Waals surface area contributed by atoms with Gasteiger partial charge in [-0.1, -0.05) is 12.8 Å². The van der Waals surface area contributed by atoms with E-state index in [1.165, 1.54) is 6.33 Å². The topological polar surface area (TPSA) is 110 Å². The molecule has 0 radical (unpaired) electrons. The zero-order valence-corrected chi connectivity index (χ0v) is 17.3. The third-order valence-corrected chi connectivity index (χ3v) is 7.08. The fourth-order valence-electron chi connectivity index (χ4n) is 5.70. The fraction of sp³-hybridized carbons (Fsp3) is 0.667. The van der Waals surface area contributed by atoms with Gasteiger partial charge in [0.1, 0.15) is 29.7 Å². The van der Waals surface area contributed by atoms with E-state index < -0.39 is 29.2 Å². The molecule has 0 aromatic carbocycles. The maximum Gasteiger partial charge on any atom is 0.309 e. The lowest BCUT2D eigenvalue weighted by Crippen LogP contribution is -2.45. The van der Waals surface area contributed by atoms with E-state index in [-0.39, 0.29) is 18.0 Å². The Morgan fingerprint density at radius 3 is 2.77 bits per heavy atom. The summed E-state index contributed by atoms with van der Waals surface area (Å²) in [6, 6.07) is 3.79. The largest absolute Gasteiger partial charge is 0.456 e. The molecule has 4 aliphatic rings. The van der Waals surface area contributed by atoms with Gasteiger partial charge in [0.25, 0.3) is 0 Å². The van der Waals surface area contributed by atoms with Gasteiger partial charge in [0.15, 0.2) is 23.3 Å². The minimum atomic E-state index is -0.845. The Bertz CT molecular complexity index is 1050. The average molecular weight is 414 g/mol. The molecular formula is C21H26N4O5. The highest BCUT2D eigenvalue weighted by molar-refractivity contribution is 5.73. The van der Waals surface area contributed by atoms with Crippen LogP contribution in [0.3, 0.4) is 0 Å². The Labute approximate surface area is 173 Å². The first-order valence-corrected chi connectivity index (χ1v) is 10.6. The standard InChI is InChI=1S/C21H26N4O5/c1-19(2)29-18-20(3,13-9-8-12-16(22)23-10-24-25(12)13)28-15-14(21(15,18)30-19)27-17(26)11-6-4-5-7-11/h8-11,14-15,18H,4-7H2,1-3H3,(H2,22,23,24)/t14?,15-,18+,20+,21-/m1/s1. The van der Waals surface area contributed by atoms with Gasteiger partial charge in [-0.3, -0.25) is 4.79 Å². The van der Waals surface area contributed by atoms with Crippen molar-refractivity contribution < 1.29 is 23.7 Å². The Balaban J connectivity index is 1.35. The summed E-state index contributed by atoms with van der Waals surface area (Å²) in [5, 5.41) is 4.36. The molecule has 160 valence electrons. The minimum Gasteiger partial charge on any atom is -0.456 e. The number of nitrogen functional groups attached to an aromatic ring is 1. The predicted molar refractivity (Wildman–Crippen MR) is 104 cm³/mol. The minimum absolute atomic E-state index is 0.0165. The van der Waals surface area contributed by atoms with Crippen molar-refractivity contribution in [2.24, 2.45) is 5.92 Å². The summed E-state index contributed by atoms with van der Waals surface area (Å²) in [5.74, 6) is -0.585. The molecule has 30 heavy (non-hydrogen) atoms. The number of rotatable bonds is 3. The van der Waals surface area contributed by atoms with Crippen molar-refractivity contribution in [1.29, 1.82) is 0 Å². The second kappa shape index (κ2) is 5.72. The zero-order valence-electron chi connectivity index (χ0n) is 17.3. The summed E-state index contributed by atoms with van der Waals surface area (Å²) in [6.07, 6.45) is 4.06. The maximum atomic E-state index is 12.7. The van der Waals surface area contributed by atoms with Crippen LogP contribution in [0.25, 0.3) is 5.52 Å². The van der Waals surface area contributed by atoms with Crippen LogP contribution in [-0.4, -0.2) is 50.3 Å². The number of aromatic nitrogens is 3. The van der Waals surface area contributed by atoms with Gasteiger partial charge in [-0.05, 0) is 45.7 Å². The van der Waals surface area contributed by atoms with E-state index in [1.54, 1.807) is 4.52 Å². The summed E-state index contributed by atoms with van der Waals surface area (Å²) >= 11 is 0. The highest BCUT2D eigenvalue weighted by Crippen LogP contribution is 2.67. The van der Waals surface area contributed by atoms with E-state index in [9.17, 15) is 4.79 Å². The molecule has 2 saturated heterocycles. The van der Waals surface area contributed by atoms with Crippen LogP contribution in [0.4, 0.5) is 5.82 Å². The van der Waals surface area contributed by atoms with E-state index in [1.807, 2.05) is 32.9 Å². The molecule has 1 unspecified atom stereocenters. The van der Waals surface area contributed by atoms with Crippen molar-refractivity contribution in [2.75, 3.05) is 5.73 Å². The monoisotopic (exact) mass is 414 g/mol. The van der Waals surface area contributed by atoms with Crippen molar-refractivity contribution in [2.45, 2.75) is 81.8 Å². The molecule has 9 heteroatoms. The first-order valence-electron chi connectivity index (χ1n) is 10.6. The van der Waals surface area contributed by atoms with Gasteiger partial charge in [-0.25, -0.2) is 9.50 Å². The highest BCUT2D eigenvalue weighted by Gasteiger charge is 2.88. The van der Waals surface area contributed by atoms with Crippen LogP contribution in [0.15, 0.2) is 18.5 Å². The Morgan fingerprint density at radius 2 is 2.00 bits per heavy atom. The van der Waals surface area contributed by atoms with E-state index >= 15 is 0 Å². The molecule has 1 spiro atoms. The lowest BCUT2D eigenvalue weighted by Gasteiger charge is -2.33. The Hall–Kier alpha value is -2.23. The van der Waals surface area contributed by atoms with Gasteiger partial charge in [0.2, 0.25) is 0 Å². The van der Waals surface area contributed by atoms with Crippen LogP contribution < -0.4 is 5.73 Å². The van der Waals surface area contributed by atoms with Crippen molar-refractivity contribution in [3.8, 4) is 0 Å².